The Hall–Kier alpha value is -0.550. The van der Waals surface area contributed by atoms with E-state index in [0.717, 1.165) is 12.3 Å². The Morgan fingerprint density at radius 2 is 2.33 bits per heavy atom. The Morgan fingerprint density at radius 1 is 1.58 bits per heavy atom. The molecule has 1 fully saturated rings. The first-order valence-corrected chi connectivity index (χ1v) is 4.93. The highest BCUT2D eigenvalue weighted by Crippen LogP contribution is 2.25. The van der Waals surface area contributed by atoms with Crippen LogP contribution < -0.4 is 5.32 Å². The molecular weight excluding hydrogens is 148 g/mol. The summed E-state index contributed by atoms with van der Waals surface area (Å²) in [4.78, 5) is 0. The maximum atomic E-state index is 8.76. The van der Waals surface area contributed by atoms with E-state index in [1.165, 1.54) is 19.3 Å². The van der Waals surface area contributed by atoms with Crippen molar-refractivity contribution < 1.29 is 0 Å². The van der Waals surface area contributed by atoms with Gasteiger partial charge in [-0.25, -0.2) is 0 Å². The summed E-state index contributed by atoms with van der Waals surface area (Å²) in [6, 6.07) is 2.95. The Morgan fingerprint density at radius 3 is 2.75 bits per heavy atom. The minimum Gasteiger partial charge on any atom is -0.299 e. The average molecular weight is 166 g/mol. The maximum absolute atomic E-state index is 8.76. The average Bonchev–Trinajstić information content (AvgIpc) is 2.47. The summed E-state index contributed by atoms with van der Waals surface area (Å²) in [5.41, 5.74) is 0. The van der Waals surface area contributed by atoms with Crippen LogP contribution in [0, 0.1) is 17.2 Å². The summed E-state index contributed by atoms with van der Waals surface area (Å²) in [6.45, 7) is 4.33. The zero-order valence-corrected chi connectivity index (χ0v) is 8.01. The lowest BCUT2D eigenvalue weighted by atomic mass is 10.1. The van der Waals surface area contributed by atoms with Gasteiger partial charge in [-0.2, -0.15) is 5.26 Å². The van der Waals surface area contributed by atoms with Crippen molar-refractivity contribution >= 4 is 0 Å². The van der Waals surface area contributed by atoms with Gasteiger partial charge >= 0.3 is 0 Å². The molecular formula is C10H18N2. The fourth-order valence-corrected chi connectivity index (χ4v) is 1.90. The minimum absolute atomic E-state index is 0.0653. The van der Waals surface area contributed by atoms with E-state index in [1.807, 2.05) is 0 Å². The number of hydrogen-bond donors (Lipinski definition) is 1. The monoisotopic (exact) mass is 166 g/mol. The van der Waals surface area contributed by atoms with E-state index >= 15 is 0 Å². The predicted octanol–water partition coefficient (Wildman–Crippen LogP) is 2.07. The Labute approximate surface area is 75.0 Å². The molecule has 0 radical (unpaired) electrons. The number of nitrogens with one attached hydrogen (secondary N) is 1. The van der Waals surface area contributed by atoms with Crippen molar-refractivity contribution in [2.45, 2.75) is 51.6 Å². The van der Waals surface area contributed by atoms with Crippen molar-refractivity contribution in [3.8, 4) is 6.07 Å². The third kappa shape index (κ3) is 2.22. The zero-order valence-electron chi connectivity index (χ0n) is 8.01. The molecule has 3 unspecified atom stereocenters. The van der Waals surface area contributed by atoms with Crippen LogP contribution >= 0.6 is 0 Å². The first kappa shape index (κ1) is 9.54. The van der Waals surface area contributed by atoms with Crippen LogP contribution in [0.15, 0.2) is 0 Å². The normalized spacial score (nSPS) is 31.4. The molecule has 12 heavy (non-hydrogen) atoms. The SMILES string of the molecule is CCC(C#N)NC1CCCC1C. The highest BCUT2D eigenvalue weighted by atomic mass is 15.0. The van der Waals surface area contributed by atoms with E-state index in [9.17, 15) is 0 Å². The summed E-state index contributed by atoms with van der Waals surface area (Å²) in [6.07, 6.45) is 4.80. The predicted molar refractivity (Wildman–Crippen MR) is 49.6 cm³/mol. The smallest absolute Gasteiger partial charge is 0.0952 e. The van der Waals surface area contributed by atoms with Crippen LogP contribution in [0.4, 0.5) is 0 Å². The van der Waals surface area contributed by atoms with Gasteiger partial charge in [0.1, 0.15) is 0 Å². The van der Waals surface area contributed by atoms with Crippen molar-refractivity contribution in [2.75, 3.05) is 0 Å². The zero-order chi connectivity index (χ0) is 8.97. The van der Waals surface area contributed by atoms with Gasteiger partial charge in [0.15, 0.2) is 0 Å². The molecule has 0 amide bonds. The van der Waals surface area contributed by atoms with Crippen molar-refractivity contribution in [3.05, 3.63) is 0 Å². The van der Waals surface area contributed by atoms with Gasteiger partial charge in [0.25, 0.3) is 0 Å². The molecule has 1 N–H and O–H groups in total. The summed E-state index contributed by atoms with van der Waals surface area (Å²) < 4.78 is 0. The van der Waals surface area contributed by atoms with Crippen LogP contribution in [-0.2, 0) is 0 Å². The Balaban J connectivity index is 2.34. The van der Waals surface area contributed by atoms with Crippen LogP contribution in [-0.4, -0.2) is 12.1 Å². The van der Waals surface area contributed by atoms with Gasteiger partial charge in [0.05, 0.1) is 12.1 Å². The Kier molecular flexibility index (Phi) is 3.55. The molecule has 0 bridgehead atoms. The van der Waals surface area contributed by atoms with Gasteiger partial charge < -0.3 is 0 Å². The molecule has 0 aromatic rings. The van der Waals surface area contributed by atoms with Crippen LogP contribution in [0.1, 0.15) is 39.5 Å². The standard InChI is InChI=1S/C10H18N2/c1-3-9(7-11)12-10-6-4-5-8(10)2/h8-10,12H,3-6H2,1-2H3. The minimum atomic E-state index is 0.0653. The topological polar surface area (TPSA) is 35.8 Å². The van der Waals surface area contributed by atoms with E-state index in [4.69, 9.17) is 5.26 Å². The van der Waals surface area contributed by atoms with Gasteiger partial charge in [-0.1, -0.05) is 20.3 Å². The van der Waals surface area contributed by atoms with Crippen LogP contribution in [0.2, 0.25) is 0 Å². The first-order valence-electron chi connectivity index (χ1n) is 4.93. The molecule has 0 aliphatic heterocycles. The molecule has 0 saturated heterocycles. The van der Waals surface area contributed by atoms with Crippen LogP contribution in [0.25, 0.3) is 0 Å². The number of nitrogens with zero attached hydrogens (tertiary/aromatic N) is 1. The van der Waals surface area contributed by atoms with E-state index in [1.54, 1.807) is 0 Å². The number of nitriles is 1. The summed E-state index contributed by atoms with van der Waals surface area (Å²) in [5, 5.41) is 12.2. The second-order valence-electron chi connectivity index (χ2n) is 3.77. The molecule has 1 saturated carbocycles. The highest BCUT2D eigenvalue weighted by molar-refractivity contribution is 4.93. The summed E-state index contributed by atoms with van der Waals surface area (Å²) in [5.74, 6) is 0.757. The van der Waals surface area contributed by atoms with Crippen LogP contribution in [0.5, 0.6) is 0 Å². The van der Waals surface area contributed by atoms with Crippen LogP contribution in [0.3, 0.4) is 0 Å². The van der Waals surface area contributed by atoms with Gasteiger partial charge in [-0.15, -0.1) is 0 Å². The lowest BCUT2D eigenvalue weighted by molar-refractivity contribution is 0.398. The highest BCUT2D eigenvalue weighted by Gasteiger charge is 2.24. The number of rotatable bonds is 3. The van der Waals surface area contributed by atoms with Gasteiger partial charge in [0, 0.05) is 6.04 Å². The lowest BCUT2D eigenvalue weighted by Crippen LogP contribution is -2.38. The molecule has 68 valence electrons. The van der Waals surface area contributed by atoms with Crippen molar-refractivity contribution in [3.63, 3.8) is 0 Å². The molecule has 0 aromatic carbocycles. The second kappa shape index (κ2) is 4.47. The number of hydrogen-bond acceptors (Lipinski definition) is 2. The third-order valence-corrected chi connectivity index (χ3v) is 2.84. The van der Waals surface area contributed by atoms with E-state index in [0.29, 0.717) is 6.04 Å². The van der Waals surface area contributed by atoms with Crippen molar-refractivity contribution in [1.29, 1.82) is 5.26 Å². The third-order valence-electron chi connectivity index (χ3n) is 2.84. The molecule has 2 heteroatoms. The Bertz CT molecular complexity index is 171. The van der Waals surface area contributed by atoms with Gasteiger partial charge in [0.2, 0.25) is 0 Å². The van der Waals surface area contributed by atoms with Gasteiger partial charge in [-0.3, -0.25) is 5.32 Å². The second-order valence-corrected chi connectivity index (χ2v) is 3.77. The maximum Gasteiger partial charge on any atom is 0.0952 e. The summed E-state index contributed by atoms with van der Waals surface area (Å²) >= 11 is 0. The van der Waals surface area contributed by atoms with Crippen molar-refractivity contribution in [1.82, 2.24) is 5.32 Å². The molecule has 1 aliphatic rings. The van der Waals surface area contributed by atoms with E-state index in [-0.39, 0.29) is 6.04 Å². The van der Waals surface area contributed by atoms with Gasteiger partial charge in [-0.05, 0) is 25.2 Å². The summed E-state index contributed by atoms with van der Waals surface area (Å²) in [7, 11) is 0. The molecule has 0 aromatic heterocycles. The van der Waals surface area contributed by atoms with E-state index in [2.05, 4.69) is 25.2 Å². The molecule has 0 spiro atoms. The quantitative estimate of drug-likeness (QED) is 0.696. The van der Waals surface area contributed by atoms with E-state index < -0.39 is 0 Å². The fourth-order valence-electron chi connectivity index (χ4n) is 1.90. The molecule has 3 atom stereocenters. The molecule has 1 rings (SSSR count). The largest absolute Gasteiger partial charge is 0.299 e. The lowest BCUT2D eigenvalue weighted by Gasteiger charge is -2.19. The fraction of sp³-hybridized carbons (Fsp3) is 0.900. The van der Waals surface area contributed by atoms with Crippen molar-refractivity contribution in [2.24, 2.45) is 5.92 Å². The molecule has 0 heterocycles. The molecule has 1 aliphatic carbocycles. The first-order chi connectivity index (χ1) is 5.77. The molecule has 2 nitrogen and oxygen atoms in total.